The molecule has 170 valence electrons. The van der Waals surface area contributed by atoms with Crippen LogP contribution in [0.1, 0.15) is 39.9 Å². The van der Waals surface area contributed by atoms with Crippen LogP contribution in [0.25, 0.3) is 0 Å². The van der Waals surface area contributed by atoms with Gasteiger partial charge in [0.15, 0.2) is 5.84 Å². The van der Waals surface area contributed by atoms with Crippen LogP contribution in [0.15, 0.2) is 47.6 Å². The van der Waals surface area contributed by atoms with Crippen molar-refractivity contribution in [3.8, 4) is 0 Å². The van der Waals surface area contributed by atoms with E-state index in [1.54, 1.807) is 42.5 Å². The number of benzene rings is 2. The van der Waals surface area contributed by atoms with E-state index in [-0.39, 0.29) is 55.8 Å². The summed E-state index contributed by atoms with van der Waals surface area (Å²) in [7, 11) is 0. The van der Waals surface area contributed by atoms with Crippen LogP contribution in [-0.4, -0.2) is 45.6 Å². The van der Waals surface area contributed by atoms with Gasteiger partial charge in [0.1, 0.15) is 6.04 Å². The van der Waals surface area contributed by atoms with Gasteiger partial charge in [-0.3, -0.25) is 24.5 Å². The van der Waals surface area contributed by atoms with Gasteiger partial charge < -0.3 is 15.4 Å². The molecule has 0 aliphatic carbocycles. The Kier molecular flexibility index (Phi) is 6.41. The normalized spacial score (nSPS) is 18.2. The van der Waals surface area contributed by atoms with E-state index < -0.39 is 11.9 Å². The van der Waals surface area contributed by atoms with Crippen molar-refractivity contribution in [3.63, 3.8) is 0 Å². The van der Waals surface area contributed by atoms with Crippen molar-refractivity contribution in [3.05, 3.63) is 69.7 Å². The lowest BCUT2D eigenvalue weighted by atomic mass is 10.0. The number of fused-ring (bicyclic) bond motifs is 1. The zero-order valence-electron chi connectivity index (χ0n) is 17.5. The summed E-state index contributed by atoms with van der Waals surface area (Å²) in [6, 6.07) is 11.3. The first-order valence-corrected chi connectivity index (χ1v) is 10.7. The van der Waals surface area contributed by atoms with E-state index in [0.29, 0.717) is 21.7 Å². The third-order valence-electron chi connectivity index (χ3n) is 5.64. The predicted molar refractivity (Wildman–Crippen MR) is 119 cm³/mol. The zero-order valence-corrected chi connectivity index (χ0v) is 18.3. The Morgan fingerprint density at radius 3 is 2.55 bits per heavy atom. The SMILES string of the molecule is O=C1CCC(N2Cc3cc(CC(=O)NC(Cc4ccc(Cl)cc4)=NO)ccc3C2=O)C(=O)N1. The molecule has 0 saturated carbocycles. The Morgan fingerprint density at radius 2 is 1.85 bits per heavy atom. The van der Waals surface area contributed by atoms with Gasteiger partial charge in [0.25, 0.3) is 5.91 Å². The van der Waals surface area contributed by atoms with Gasteiger partial charge in [0.2, 0.25) is 17.7 Å². The minimum absolute atomic E-state index is 0.0134. The van der Waals surface area contributed by atoms with E-state index in [1.807, 2.05) is 0 Å². The number of hydrogen-bond donors (Lipinski definition) is 3. The lowest BCUT2D eigenvalue weighted by Gasteiger charge is -2.29. The molecule has 1 atom stereocenters. The third-order valence-corrected chi connectivity index (χ3v) is 5.89. The van der Waals surface area contributed by atoms with Crippen molar-refractivity contribution < 1.29 is 24.4 Å². The highest BCUT2D eigenvalue weighted by atomic mass is 35.5. The lowest BCUT2D eigenvalue weighted by molar-refractivity contribution is -0.137. The number of rotatable bonds is 5. The monoisotopic (exact) mass is 468 g/mol. The number of amides is 4. The quantitative estimate of drug-likeness (QED) is 0.203. The summed E-state index contributed by atoms with van der Waals surface area (Å²) >= 11 is 5.87. The molecule has 2 aliphatic heterocycles. The minimum atomic E-state index is -0.689. The first-order chi connectivity index (χ1) is 15.8. The molecular weight excluding hydrogens is 448 g/mol. The Hall–Kier alpha value is -3.72. The molecule has 1 fully saturated rings. The van der Waals surface area contributed by atoms with Gasteiger partial charge in [-0.05, 0) is 41.3 Å². The molecule has 10 heteroatoms. The van der Waals surface area contributed by atoms with Gasteiger partial charge in [-0.25, -0.2) is 0 Å². The van der Waals surface area contributed by atoms with Crippen LogP contribution in [0.3, 0.4) is 0 Å². The van der Waals surface area contributed by atoms with Crippen molar-refractivity contribution in [1.29, 1.82) is 0 Å². The average molecular weight is 469 g/mol. The fraction of sp³-hybridized carbons (Fsp3) is 0.261. The molecule has 4 amide bonds. The number of carbonyl (C=O) groups is 4. The number of nitrogens with one attached hydrogen (secondary N) is 2. The molecule has 0 radical (unpaired) electrons. The summed E-state index contributed by atoms with van der Waals surface area (Å²) in [5.74, 6) is -1.35. The topological polar surface area (TPSA) is 128 Å². The molecule has 2 aliphatic rings. The Labute approximate surface area is 194 Å². The standard InChI is InChI=1S/C23H21ClN4O5/c24-16-4-1-13(2-5-16)10-19(27-33)25-21(30)11-14-3-6-17-15(9-14)12-28(23(17)32)18-7-8-20(29)26-22(18)31/h1-6,9,18,33H,7-8,10-12H2,(H,25,27,30)(H,26,29,31). The molecule has 1 saturated heterocycles. The molecule has 0 bridgehead atoms. The largest absolute Gasteiger partial charge is 0.409 e. The van der Waals surface area contributed by atoms with Gasteiger partial charge in [0, 0.05) is 30.0 Å². The summed E-state index contributed by atoms with van der Waals surface area (Å²) in [6.45, 7) is 0.232. The molecule has 2 aromatic rings. The first-order valence-electron chi connectivity index (χ1n) is 10.4. The Bertz CT molecular complexity index is 1160. The first kappa shape index (κ1) is 22.5. The fourth-order valence-corrected chi connectivity index (χ4v) is 4.15. The van der Waals surface area contributed by atoms with Crippen LogP contribution in [0, 0.1) is 0 Å². The highest BCUT2D eigenvalue weighted by molar-refractivity contribution is 6.30. The van der Waals surface area contributed by atoms with Gasteiger partial charge in [-0.15, -0.1) is 0 Å². The molecule has 9 nitrogen and oxygen atoms in total. The van der Waals surface area contributed by atoms with Crippen LogP contribution in [-0.2, 0) is 33.8 Å². The maximum atomic E-state index is 12.8. The van der Waals surface area contributed by atoms with Crippen LogP contribution >= 0.6 is 11.6 Å². The van der Waals surface area contributed by atoms with Crippen LogP contribution in [0.5, 0.6) is 0 Å². The number of halogens is 1. The maximum Gasteiger partial charge on any atom is 0.255 e. The van der Waals surface area contributed by atoms with Crippen molar-refractivity contribution >= 4 is 41.1 Å². The van der Waals surface area contributed by atoms with E-state index in [0.717, 1.165) is 5.56 Å². The second kappa shape index (κ2) is 9.41. The third kappa shape index (κ3) is 5.04. The van der Waals surface area contributed by atoms with E-state index in [2.05, 4.69) is 15.8 Å². The smallest absolute Gasteiger partial charge is 0.255 e. The maximum absolute atomic E-state index is 12.8. The number of amidine groups is 1. The van der Waals surface area contributed by atoms with Gasteiger partial charge >= 0.3 is 0 Å². The summed E-state index contributed by atoms with van der Waals surface area (Å²) in [5.41, 5.74) is 2.68. The van der Waals surface area contributed by atoms with E-state index in [9.17, 15) is 24.4 Å². The minimum Gasteiger partial charge on any atom is -0.409 e. The second-order valence-corrected chi connectivity index (χ2v) is 8.40. The average Bonchev–Trinajstić information content (AvgIpc) is 3.10. The van der Waals surface area contributed by atoms with Gasteiger partial charge in [0.05, 0.1) is 6.42 Å². The number of hydrogen-bond acceptors (Lipinski definition) is 6. The van der Waals surface area contributed by atoms with Crippen LogP contribution in [0.2, 0.25) is 5.02 Å². The molecule has 0 spiro atoms. The molecular formula is C23H21ClN4O5. The molecule has 2 aromatic carbocycles. The van der Waals surface area contributed by atoms with Gasteiger partial charge in [-0.1, -0.05) is 41.0 Å². The highest BCUT2D eigenvalue weighted by Crippen LogP contribution is 2.28. The summed E-state index contributed by atoms with van der Waals surface area (Å²) in [6.07, 6.45) is 0.710. The van der Waals surface area contributed by atoms with E-state index in [1.165, 1.54) is 4.90 Å². The van der Waals surface area contributed by atoms with Crippen molar-refractivity contribution in [1.82, 2.24) is 15.5 Å². The van der Waals surface area contributed by atoms with Crippen molar-refractivity contribution in [2.75, 3.05) is 0 Å². The number of oxime groups is 1. The molecule has 4 rings (SSSR count). The second-order valence-electron chi connectivity index (χ2n) is 7.97. The van der Waals surface area contributed by atoms with E-state index in [4.69, 9.17) is 11.6 Å². The summed E-state index contributed by atoms with van der Waals surface area (Å²) < 4.78 is 0. The molecule has 3 N–H and O–H groups in total. The van der Waals surface area contributed by atoms with E-state index >= 15 is 0 Å². The zero-order chi connectivity index (χ0) is 23.5. The van der Waals surface area contributed by atoms with Crippen molar-refractivity contribution in [2.45, 2.75) is 38.3 Å². The van der Waals surface area contributed by atoms with Gasteiger partial charge in [-0.2, -0.15) is 0 Å². The molecule has 1 unspecified atom stereocenters. The molecule has 2 heterocycles. The number of piperidine rings is 1. The number of nitrogens with zero attached hydrogens (tertiary/aromatic N) is 2. The number of imide groups is 1. The predicted octanol–water partition coefficient (Wildman–Crippen LogP) is 1.79. The highest BCUT2D eigenvalue weighted by Gasteiger charge is 2.39. The summed E-state index contributed by atoms with van der Waals surface area (Å²) in [4.78, 5) is 50.3. The summed E-state index contributed by atoms with van der Waals surface area (Å²) in [5, 5.41) is 17.9. The lowest BCUT2D eigenvalue weighted by Crippen LogP contribution is -2.52. The van der Waals surface area contributed by atoms with Crippen LogP contribution in [0.4, 0.5) is 0 Å². The Balaban J connectivity index is 1.39. The number of carbonyl (C=O) groups excluding carboxylic acids is 4. The van der Waals surface area contributed by atoms with Crippen LogP contribution < -0.4 is 10.6 Å². The fourth-order valence-electron chi connectivity index (χ4n) is 4.03. The van der Waals surface area contributed by atoms with Crippen molar-refractivity contribution in [2.24, 2.45) is 5.16 Å². The molecule has 0 aromatic heterocycles. The molecule has 33 heavy (non-hydrogen) atoms. The Morgan fingerprint density at radius 1 is 1.12 bits per heavy atom.